The third kappa shape index (κ3) is 3.27. The van der Waals surface area contributed by atoms with Crippen LogP contribution in [0.25, 0.3) is 0 Å². The predicted molar refractivity (Wildman–Crippen MR) is 103 cm³/mol. The number of hydrogen-bond acceptors (Lipinski definition) is 4. The number of fused-ring (bicyclic) bond motifs is 1. The fourth-order valence-electron chi connectivity index (χ4n) is 4.35. The van der Waals surface area contributed by atoms with Crippen LogP contribution in [0.4, 0.5) is 0 Å². The number of aliphatic imine (C=N–C) groups is 1. The number of likely N-dealkylation sites (N-methyl/N-ethyl adjacent to an activating group) is 1. The summed E-state index contributed by atoms with van der Waals surface area (Å²) < 4.78 is 27.1. The average molecular weight is 368 g/mol. The van der Waals surface area contributed by atoms with Crippen molar-refractivity contribution in [1.82, 2.24) is 9.21 Å². The lowest BCUT2D eigenvalue weighted by Crippen LogP contribution is -2.43. The summed E-state index contributed by atoms with van der Waals surface area (Å²) in [5.41, 5.74) is 2.69. The van der Waals surface area contributed by atoms with Gasteiger partial charge in [0.1, 0.15) is 5.84 Å². The van der Waals surface area contributed by atoms with Crippen molar-refractivity contribution in [2.75, 3.05) is 13.6 Å². The van der Waals surface area contributed by atoms with E-state index in [1.807, 2.05) is 0 Å². The highest BCUT2D eigenvalue weighted by atomic mass is 32.2. The molecule has 2 heterocycles. The van der Waals surface area contributed by atoms with E-state index >= 15 is 0 Å². The second-order valence-corrected chi connectivity index (χ2v) is 11.4. The van der Waals surface area contributed by atoms with E-state index in [2.05, 4.69) is 46.4 Å². The fraction of sp³-hybridized carbons (Fsp3) is 0.842. The fourth-order valence-corrected chi connectivity index (χ4v) is 6.11. The molecule has 3 aliphatic rings. The van der Waals surface area contributed by atoms with Crippen molar-refractivity contribution in [2.24, 2.45) is 16.3 Å². The molecule has 1 saturated heterocycles. The zero-order chi connectivity index (χ0) is 18.7. The maximum Gasteiger partial charge on any atom is 0.217 e. The van der Waals surface area contributed by atoms with Gasteiger partial charge in [-0.2, -0.15) is 4.31 Å². The lowest BCUT2D eigenvalue weighted by molar-refractivity contribution is 0.364. The quantitative estimate of drug-likeness (QED) is 0.766. The molecule has 0 aromatic carbocycles. The molecule has 5 nitrogen and oxygen atoms in total. The van der Waals surface area contributed by atoms with Gasteiger partial charge in [-0.3, -0.25) is 4.99 Å². The summed E-state index contributed by atoms with van der Waals surface area (Å²) in [6, 6.07) is 0.167. The first-order chi connectivity index (χ1) is 11.4. The first-order valence-electron chi connectivity index (χ1n) is 9.50. The predicted octanol–water partition coefficient (Wildman–Crippen LogP) is 3.24. The molecule has 0 spiro atoms. The van der Waals surface area contributed by atoms with Crippen LogP contribution in [0.3, 0.4) is 0 Å². The molecular weight excluding hydrogens is 334 g/mol. The van der Waals surface area contributed by atoms with Gasteiger partial charge in [0.05, 0.1) is 11.3 Å². The number of amidine groups is 1. The normalized spacial score (nSPS) is 28.0. The number of sulfonamides is 1. The van der Waals surface area contributed by atoms with Crippen LogP contribution in [0.2, 0.25) is 0 Å². The van der Waals surface area contributed by atoms with Crippen molar-refractivity contribution < 1.29 is 8.42 Å². The molecule has 1 aliphatic carbocycles. The molecule has 142 valence electrons. The van der Waals surface area contributed by atoms with Crippen molar-refractivity contribution in [3.63, 3.8) is 0 Å². The maximum absolute atomic E-state index is 12.7. The van der Waals surface area contributed by atoms with Gasteiger partial charge in [0.2, 0.25) is 10.0 Å². The highest BCUT2D eigenvalue weighted by molar-refractivity contribution is 7.90. The van der Waals surface area contributed by atoms with E-state index in [0.29, 0.717) is 5.92 Å². The van der Waals surface area contributed by atoms with Crippen molar-refractivity contribution in [3.05, 3.63) is 11.3 Å². The van der Waals surface area contributed by atoms with Crippen molar-refractivity contribution in [1.29, 1.82) is 0 Å². The van der Waals surface area contributed by atoms with Crippen molar-refractivity contribution >= 4 is 15.9 Å². The van der Waals surface area contributed by atoms with Gasteiger partial charge in [-0.25, -0.2) is 8.42 Å². The van der Waals surface area contributed by atoms with E-state index in [0.717, 1.165) is 31.6 Å². The van der Waals surface area contributed by atoms with Gasteiger partial charge in [-0.15, -0.1) is 0 Å². The maximum atomic E-state index is 12.7. The molecule has 0 radical (unpaired) electrons. The van der Waals surface area contributed by atoms with Crippen LogP contribution in [-0.4, -0.2) is 54.4 Å². The third-order valence-electron chi connectivity index (χ3n) is 5.66. The van der Waals surface area contributed by atoms with E-state index in [1.54, 1.807) is 11.4 Å². The topological polar surface area (TPSA) is 53.0 Å². The Balaban J connectivity index is 1.98. The van der Waals surface area contributed by atoms with Gasteiger partial charge in [0, 0.05) is 37.7 Å². The van der Waals surface area contributed by atoms with E-state index in [-0.39, 0.29) is 22.7 Å². The number of hydrogen-bond donors (Lipinski definition) is 0. The summed E-state index contributed by atoms with van der Waals surface area (Å²) in [6.45, 7) is 13.9. The Labute approximate surface area is 153 Å². The first kappa shape index (κ1) is 18.9. The smallest absolute Gasteiger partial charge is 0.217 e. The third-order valence-corrected chi connectivity index (χ3v) is 8.08. The SMILES string of the molecule is CC(C)C1=N[C@@H](C)C(C(C)(C)C)=C2CC(N(C)S(=O)(=O)C3CC3)CN12. The lowest BCUT2D eigenvalue weighted by Gasteiger charge is -2.38. The Morgan fingerprint density at radius 2 is 1.84 bits per heavy atom. The van der Waals surface area contributed by atoms with Crippen LogP contribution in [0, 0.1) is 11.3 Å². The van der Waals surface area contributed by atoms with E-state index < -0.39 is 10.0 Å². The second-order valence-electron chi connectivity index (χ2n) is 9.16. The summed E-state index contributed by atoms with van der Waals surface area (Å²) in [7, 11) is -1.38. The summed E-state index contributed by atoms with van der Waals surface area (Å²) in [6.07, 6.45) is 2.43. The van der Waals surface area contributed by atoms with Crippen LogP contribution < -0.4 is 0 Å². The van der Waals surface area contributed by atoms with E-state index in [1.165, 1.54) is 11.3 Å². The molecule has 2 atom stereocenters. The summed E-state index contributed by atoms with van der Waals surface area (Å²) >= 11 is 0. The second kappa shape index (κ2) is 6.08. The molecule has 2 fully saturated rings. The molecule has 1 unspecified atom stereocenters. The highest BCUT2D eigenvalue weighted by Gasteiger charge is 2.46. The monoisotopic (exact) mass is 367 g/mol. The van der Waals surface area contributed by atoms with Gasteiger partial charge < -0.3 is 4.90 Å². The molecule has 3 rings (SSSR count). The Bertz CT molecular complexity index is 711. The molecule has 0 amide bonds. The van der Waals surface area contributed by atoms with E-state index in [9.17, 15) is 8.42 Å². The van der Waals surface area contributed by atoms with Gasteiger partial charge in [0.15, 0.2) is 0 Å². The molecule has 25 heavy (non-hydrogen) atoms. The number of rotatable bonds is 4. The molecule has 2 aliphatic heterocycles. The van der Waals surface area contributed by atoms with Crippen LogP contribution in [0.15, 0.2) is 16.3 Å². The van der Waals surface area contributed by atoms with Gasteiger partial charge >= 0.3 is 0 Å². The standard InChI is InChI=1S/C19H33N3O2S/c1-12(2)18-20-13(3)17(19(4,5)6)16-10-14(11-22(16)18)21(7)25(23,24)15-8-9-15/h12-15H,8-11H2,1-7H3/t13-,14?/m0/s1. The van der Waals surface area contributed by atoms with Crippen molar-refractivity contribution in [2.45, 2.75) is 78.1 Å². The van der Waals surface area contributed by atoms with Gasteiger partial charge in [-0.1, -0.05) is 34.6 Å². The summed E-state index contributed by atoms with van der Waals surface area (Å²) in [5, 5.41) is -0.150. The Morgan fingerprint density at radius 3 is 2.32 bits per heavy atom. The Morgan fingerprint density at radius 1 is 1.24 bits per heavy atom. The molecule has 0 bridgehead atoms. The van der Waals surface area contributed by atoms with Crippen LogP contribution in [0.1, 0.15) is 60.8 Å². The minimum atomic E-state index is -3.15. The minimum Gasteiger partial charge on any atom is -0.332 e. The molecule has 1 saturated carbocycles. The van der Waals surface area contributed by atoms with Crippen LogP contribution >= 0.6 is 0 Å². The molecular formula is C19H33N3O2S. The zero-order valence-corrected chi connectivity index (χ0v) is 17.5. The molecule has 0 N–H and O–H groups in total. The first-order valence-corrected chi connectivity index (χ1v) is 11.0. The van der Waals surface area contributed by atoms with Gasteiger partial charge in [0.25, 0.3) is 0 Å². The van der Waals surface area contributed by atoms with E-state index in [4.69, 9.17) is 4.99 Å². The molecule has 6 heteroatoms. The van der Waals surface area contributed by atoms with Crippen molar-refractivity contribution in [3.8, 4) is 0 Å². The molecule has 0 aromatic heterocycles. The minimum absolute atomic E-state index is 0.00667. The average Bonchev–Trinajstić information content (AvgIpc) is 3.24. The highest BCUT2D eigenvalue weighted by Crippen LogP contribution is 2.43. The Hall–Kier alpha value is -0.880. The van der Waals surface area contributed by atoms with Crippen LogP contribution in [-0.2, 0) is 10.0 Å². The summed E-state index contributed by atoms with van der Waals surface area (Å²) in [5.74, 6) is 1.44. The summed E-state index contributed by atoms with van der Waals surface area (Å²) in [4.78, 5) is 7.31. The van der Waals surface area contributed by atoms with Gasteiger partial charge in [-0.05, 0) is 30.8 Å². The lowest BCUT2D eigenvalue weighted by atomic mass is 9.79. The molecule has 0 aromatic rings. The van der Waals surface area contributed by atoms with Crippen LogP contribution in [0.5, 0.6) is 0 Å². The number of nitrogens with zero attached hydrogens (tertiary/aromatic N) is 3. The zero-order valence-electron chi connectivity index (χ0n) is 16.7. The Kier molecular flexibility index (Phi) is 4.60. The largest absolute Gasteiger partial charge is 0.332 e.